The number of likely N-dealkylation sites (tertiary alicyclic amines) is 2. The molecule has 1 aromatic heterocycles. The molecule has 3 aliphatic rings. The fraction of sp³-hybridized carbons (Fsp3) is 0.536. The molecule has 2 aromatic rings. The molecular weight excluding hydrogens is 426 g/mol. The smallest absolute Gasteiger partial charge is 0.268 e. The van der Waals surface area contributed by atoms with Gasteiger partial charge in [0.15, 0.2) is 5.78 Å². The van der Waals surface area contributed by atoms with Crippen LogP contribution in [0.25, 0.3) is 5.69 Å². The van der Waals surface area contributed by atoms with E-state index in [9.17, 15) is 14.4 Å². The number of amides is 1. The van der Waals surface area contributed by atoms with Gasteiger partial charge in [-0.2, -0.15) is 0 Å². The van der Waals surface area contributed by atoms with Gasteiger partial charge in [-0.15, -0.1) is 0 Å². The first kappa shape index (κ1) is 23.0. The lowest BCUT2D eigenvalue weighted by Crippen LogP contribution is -2.49. The maximum atomic E-state index is 13.9. The number of pyridine rings is 1. The van der Waals surface area contributed by atoms with Gasteiger partial charge in [-0.3, -0.25) is 19.0 Å². The van der Waals surface area contributed by atoms with Crippen molar-refractivity contribution in [2.45, 2.75) is 64.8 Å². The molecule has 3 heterocycles. The summed E-state index contributed by atoms with van der Waals surface area (Å²) in [5.74, 6) is -0.206. The van der Waals surface area contributed by atoms with Gasteiger partial charge >= 0.3 is 0 Å². The average Bonchev–Trinajstić information content (AvgIpc) is 2.84. The molecule has 1 aromatic carbocycles. The summed E-state index contributed by atoms with van der Waals surface area (Å²) in [6, 6.07) is 9.81. The van der Waals surface area contributed by atoms with Crippen LogP contribution < -0.4 is 5.56 Å². The van der Waals surface area contributed by atoms with Crippen molar-refractivity contribution in [1.29, 1.82) is 0 Å². The molecule has 6 nitrogen and oxygen atoms in total. The van der Waals surface area contributed by atoms with Gasteiger partial charge in [-0.25, -0.2) is 0 Å². The standard InChI is InChI=1S/C28H35N3O3/c1-28(2)17-22-23(24(32)18-28)19-31(21-9-5-3-6-10-21)27(34)25(22)26(33)30-15-11-20(12-16-30)29-13-7-4-8-14-29/h3,5-6,9-10,19-20H,4,7-8,11-18H2,1-2H3. The van der Waals surface area contributed by atoms with Crippen LogP contribution in [0.5, 0.6) is 0 Å². The maximum Gasteiger partial charge on any atom is 0.268 e. The molecular formula is C28H35N3O3. The lowest BCUT2D eigenvalue weighted by Gasteiger charge is -2.40. The first-order chi connectivity index (χ1) is 16.3. The summed E-state index contributed by atoms with van der Waals surface area (Å²) < 4.78 is 1.49. The number of aromatic nitrogens is 1. The second kappa shape index (κ2) is 9.14. The van der Waals surface area contributed by atoms with E-state index in [1.807, 2.05) is 49.1 Å². The van der Waals surface area contributed by atoms with Crippen molar-refractivity contribution in [2.75, 3.05) is 26.2 Å². The highest BCUT2D eigenvalue weighted by Gasteiger charge is 2.38. The fourth-order valence-electron chi connectivity index (χ4n) is 6.02. The summed E-state index contributed by atoms with van der Waals surface area (Å²) in [7, 11) is 0. The second-order valence-electron chi connectivity index (χ2n) is 11.0. The number of piperidine rings is 2. The van der Waals surface area contributed by atoms with Crippen molar-refractivity contribution in [3.05, 3.63) is 63.6 Å². The number of para-hydroxylation sites is 1. The zero-order valence-corrected chi connectivity index (χ0v) is 20.4. The molecule has 1 aliphatic carbocycles. The highest BCUT2D eigenvalue weighted by molar-refractivity contribution is 6.04. The molecule has 0 bridgehead atoms. The summed E-state index contributed by atoms with van der Waals surface area (Å²) in [4.78, 5) is 45.2. The number of nitrogens with zero attached hydrogens (tertiary/aromatic N) is 3. The minimum absolute atomic E-state index is 0.00814. The van der Waals surface area contributed by atoms with E-state index in [1.165, 1.54) is 23.8 Å². The molecule has 0 N–H and O–H groups in total. The van der Waals surface area contributed by atoms with Crippen LogP contribution in [0.1, 0.15) is 78.7 Å². The number of rotatable bonds is 3. The number of benzene rings is 1. The average molecular weight is 462 g/mol. The zero-order valence-electron chi connectivity index (χ0n) is 20.4. The molecule has 0 spiro atoms. The predicted octanol–water partition coefficient (Wildman–Crippen LogP) is 4.08. The van der Waals surface area contributed by atoms with E-state index in [2.05, 4.69) is 4.90 Å². The number of carbonyl (C=O) groups is 2. The molecule has 6 heteroatoms. The summed E-state index contributed by atoms with van der Waals surface area (Å²) >= 11 is 0. The van der Waals surface area contributed by atoms with Gasteiger partial charge in [0, 0.05) is 43.0 Å². The molecule has 180 valence electrons. The normalized spacial score (nSPS) is 21.4. The molecule has 34 heavy (non-hydrogen) atoms. The summed E-state index contributed by atoms with van der Waals surface area (Å²) in [5.41, 5.74) is 1.44. The van der Waals surface area contributed by atoms with E-state index >= 15 is 0 Å². The molecule has 1 amide bonds. The van der Waals surface area contributed by atoms with Crippen LogP contribution in [-0.4, -0.2) is 58.3 Å². The van der Waals surface area contributed by atoms with Crippen LogP contribution in [0, 0.1) is 5.41 Å². The van der Waals surface area contributed by atoms with Gasteiger partial charge in [0.05, 0.1) is 0 Å². The molecule has 0 atom stereocenters. The number of hydrogen-bond donors (Lipinski definition) is 0. The third kappa shape index (κ3) is 4.36. The number of fused-ring (bicyclic) bond motifs is 1. The Labute approximate surface area is 201 Å². The van der Waals surface area contributed by atoms with Crippen molar-refractivity contribution in [2.24, 2.45) is 5.41 Å². The van der Waals surface area contributed by atoms with Gasteiger partial charge in [-0.05, 0) is 68.3 Å². The van der Waals surface area contributed by atoms with Gasteiger partial charge in [-0.1, -0.05) is 38.5 Å². The Kier molecular flexibility index (Phi) is 6.19. The molecule has 0 saturated carbocycles. The van der Waals surface area contributed by atoms with Crippen molar-refractivity contribution in [3.8, 4) is 5.69 Å². The van der Waals surface area contributed by atoms with Crippen molar-refractivity contribution >= 4 is 11.7 Å². The summed E-state index contributed by atoms with van der Waals surface area (Å²) in [6.45, 7) is 7.70. The fourth-order valence-corrected chi connectivity index (χ4v) is 6.02. The van der Waals surface area contributed by atoms with Gasteiger partial charge in [0.25, 0.3) is 11.5 Å². The number of ketones is 1. The van der Waals surface area contributed by atoms with E-state index in [-0.39, 0.29) is 28.2 Å². The zero-order chi connectivity index (χ0) is 23.9. The first-order valence-electron chi connectivity index (χ1n) is 12.7. The Morgan fingerprint density at radius 3 is 2.26 bits per heavy atom. The Hall–Kier alpha value is -2.73. The Bertz CT molecular complexity index is 1140. The van der Waals surface area contributed by atoms with Crippen LogP contribution in [-0.2, 0) is 6.42 Å². The lowest BCUT2D eigenvalue weighted by molar-refractivity contribution is 0.0586. The van der Waals surface area contributed by atoms with Crippen molar-refractivity contribution < 1.29 is 9.59 Å². The first-order valence-corrected chi connectivity index (χ1v) is 12.7. The largest absolute Gasteiger partial charge is 0.338 e. The Morgan fingerprint density at radius 1 is 0.912 bits per heavy atom. The van der Waals surface area contributed by atoms with Gasteiger partial charge in [0.2, 0.25) is 0 Å². The van der Waals surface area contributed by atoms with Gasteiger partial charge in [0.1, 0.15) is 5.56 Å². The minimum Gasteiger partial charge on any atom is -0.338 e. The van der Waals surface area contributed by atoms with Gasteiger partial charge < -0.3 is 9.80 Å². The molecule has 2 aliphatic heterocycles. The summed E-state index contributed by atoms with van der Waals surface area (Å²) in [6.07, 6.45) is 8.36. The van der Waals surface area contributed by atoms with Crippen LogP contribution in [0.3, 0.4) is 0 Å². The molecule has 5 rings (SSSR count). The minimum atomic E-state index is -0.321. The SMILES string of the molecule is CC1(C)CC(=O)c2cn(-c3ccccc3)c(=O)c(C(=O)N3CCC(N4CCCCC4)CC3)c2C1. The second-order valence-corrected chi connectivity index (χ2v) is 11.0. The highest BCUT2D eigenvalue weighted by Crippen LogP contribution is 2.36. The van der Waals surface area contributed by atoms with E-state index in [4.69, 9.17) is 0 Å². The quantitative estimate of drug-likeness (QED) is 0.691. The van der Waals surface area contributed by atoms with Crippen LogP contribution in [0.4, 0.5) is 0 Å². The van der Waals surface area contributed by atoms with Crippen molar-refractivity contribution in [3.63, 3.8) is 0 Å². The van der Waals surface area contributed by atoms with E-state index in [0.717, 1.165) is 25.9 Å². The monoisotopic (exact) mass is 461 g/mol. The third-order valence-electron chi connectivity index (χ3n) is 7.82. The van der Waals surface area contributed by atoms with E-state index < -0.39 is 0 Å². The molecule has 2 saturated heterocycles. The third-order valence-corrected chi connectivity index (χ3v) is 7.82. The van der Waals surface area contributed by atoms with E-state index in [0.29, 0.717) is 48.8 Å². The number of Topliss-reactive ketones (excluding diaryl/α,β-unsaturated/α-hetero) is 1. The van der Waals surface area contributed by atoms with Crippen LogP contribution >= 0.6 is 0 Å². The molecule has 0 radical (unpaired) electrons. The molecule has 0 unspecified atom stereocenters. The van der Waals surface area contributed by atoms with E-state index in [1.54, 1.807) is 6.20 Å². The summed E-state index contributed by atoms with van der Waals surface area (Å²) in [5, 5.41) is 0. The lowest BCUT2D eigenvalue weighted by atomic mass is 9.73. The van der Waals surface area contributed by atoms with Crippen LogP contribution in [0.15, 0.2) is 41.3 Å². The van der Waals surface area contributed by atoms with Crippen LogP contribution in [0.2, 0.25) is 0 Å². The topological polar surface area (TPSA) is 62.6 Å². The number of hydrogen-bond acceptors (Lipinski definition) is 4. The predicted molar refractivity (Wildman–Crippen MR) is 133 cm³/mol. The van der Waals surface area contributed by atoms with Crippen molar-refractivity contribution in [1.82, 2.24) is 14.4 Å². The highest BCUT2D eigenvalue weighted by atomic mass is 16.2. The Morgan fingerprint density at radius 2 is 1.59 bits per heavy atom. The maximum absolute atomic E-state index is 13.9. The Balaban J connectivity index is 1.50. The number of carbonyl (C=O) groups excluding carboxylic acids is 2. The molecule has 2 fully saturated rings.